The van der Waals surface area contributed by atoms with E-state index in [1.807, 2.05) is 20.0 Å². The van der Waals surface area contributed by atoms with Crippen LogP contribution in [0.2, 0.25) is 18.1 Å². The number of imidazole rings is 2. The smallest absolute Gasteiger partial charge is 0.317 e. The maximum Gasteiger partial charge on any atom is 0.317 e. The maximum absolute atomic E-state index is 12.9. The Balaban J connectivity index is 1.85. The van der Waals surface area contributed by atoms with E-state index in [1.54, 1.807) is 10.8 Å². The molecule has 5 atom stereocenters. The molecule has 3 aromatic rings. The van der Waals surface area contributed by atoms with Crippen molar-refractivity contribution in [3.8, 4) is 0 Å². The first-order chi connectivity index (χ1) is 15.3. The lowest BCUT2D eigenvalue weighted by Gasteiger charge is -2.40. The van der Waals surface area contributed by atoms with Gasteiger partial charge in [-0.3, -0.25) is 13.9 Å². The molecule has 182 valence electrons. The van der Waals surface area contributed by atoms with Gasteiger partial charge in [0.05, 0.1) is 12.9 Å². The van der Waals surface area contributed by atoms with E-state index in [1.165, 1.54) is 10.7 Å². The van der Waals surface area contributed by atoms with Crippen LogP contribution in [0.1, 0.15) is 32.7 Å². The molecule has 0 aliphatic carbocycles. The number of nitrogens with one attached hydrogen (secondary N) is 1. The fourth-order valence-electron chi connectivity index (χ4n) is 3.76. The van der Waals surface area contributed by atoms with Crippen LogP contribution in [0.5, 0.6) is 0 Å². The van der Waals surface area contributed by atoms with E-state index in [-0.39, 0.29) is 21.8 Å². The molecule has 33 heavy (non-hydrogen) atoms. The minimum absolute atomic E-state index is 0.141. The van der Waals surface area contributed by atoms with Crippen molar-refractivity contribution in [3.63, 3.8) is 0 Å². The van der Waals surface area contributed by atoms with Crippen molar-refractivity contribution in [2.75, 3.05) is 6.61 Å². The molecule has 1 aliphatic rings. The molecule has 4 rings (SSSR count). The van der Waals surface area contributed by atoms with Crippen LogP contribution in [0, 0.1) is 6.92 Å². The Hall–Kier alpha value is -1.86. The van der Waals surface area contributed by atoms with Gasteiger partial charge in [-0.15, -0.1) is 0 Å². The Morgan fingerprint density at radius 2 is 2.03 bits per heavy atom. The van der Waals surface area contributed by atoms with Gasteiger partial charge in [0.15, 0.2) is 25.7 Å². The van der Waals surface area contributed by atoms with Crippen molar-refractivity contribution < 1.29 is 28.3 Å². The van der Waals surface area contributed by atoms with Crippen molar-refractivity contribution in [1.82, 2.24) is 23.9 Å². The Kier molecular flexibility index (Phi) is 6.19. The number of aliphatic hydroxyl groups is 1. The van der Waals surface area contributed by atoms with Crippen LogP contribution < -0.4 is 5.56 Å². The van der Waals surface area contributed by atoms with E-state index >= 15 is 0 Å². The van der Waals surface area contributed by atoms with E-state index in [9.17, 15) is 19.4 Å². The normalized spacial score (nSPS) is 25.3. The Labute approximate surface area is 191 Å². The van der Waals surface area contributed by atoms with Gasteiger partial charge in [-0.05, 0) is 25.1 Å². The summed E-state index contributed by atoms with van der Waals surface area (Å²) in [7, 11) is -5.77. The SMILES string of the molecule is Cc1cn2c(=O)c3ncn([C@@H]4O[C@H](CO)[C@@H](O[PH](=O)O)[C@H]4O[Si](C)(C)C(C)(C)C)c3nc2[nH]1. The number of ether oxygens (including phenoxy) is 1. The van der Waals surface area contributed by atoms with Crippen molar-refractivity contribution in [2.24, 2.45) is 0 Å². The van der Waals surface area contributed by atoms with Crippen molar-refractivity contribution in [3.05, 3.63) is 28.6 Å². The number of aromatic amines is 1. The summed E-state index contributed by atoms with van der Waals surface area (Å²) < 4.78 is 32.5. The van der Waals surface area contributed by atoms with Crippen LogP contribution in [0.15, 0.2) is 17.3 Å². The average Bonchev–Trinajstić information content (AvgIpc) is 3.37. The van der Waals surface area contributed by atoms with Gasteiger partial charge in [0.2, 0.25) is 5.78 Å². The fourth-order valence-corrected chi connectivity index (χ4v) is 5.56. The number of fused-ring (bicyclic) bond motifs is 2. The molecule has 0 bridgehead atoms. The molecular formula is C19H30N5O7PSi. The minimum atomic E-state index is -3.35. The molecule has 0 spiro atoms. The summed E-state index contributed by atoms with van der Waals surface area (Å²) in [5.74, 6) is 0.346. The van der Waals surface area contributed by atoms with Gasteiger partial charge in [-0.2, -0.15) is 4.98 Å². The standard InChI is InChI=1S/C19H30N5O7PSi/c1-10-7-23-16(26)12-15(22-18(23)21-10)24(9-20-12)17-14(31-33(5,6)19(2,3)4)13(30-32(27)28)11(8-25)29-17/h7,9,11,13-14,17,25,32H,8H2,1-6H3,(H,21,22)(H,27,28)/t11-,13-,14-,17-/m1/s1. The molecule has 0 amide bonds. The molecule has 4 heterocycles. The molecule has 12 nitrogen and oxygen atoms in total. The molecule has 3 N–H and O–H groups in total. The summed E-state index contributed by atoms with van der Waals surface area (Å²) >= 11 is 0. The van der Waals surface area contributed by atoms with Gasteiger partial charge in [-0.1, -0.05) is 20.8 Å². The average molecular weight is 500 g/mol. The van der Waals surface area contributed by atoms with E-state index in [0.717, 1.165) is 5.69 Å². The predicted octanol–water partition coefficient (Wildman–Crippen LogP) is 1.73. The van der Waals surface area contributed by atoms with Gasteiger partial charge >= 0.3 is 8.25 Å². The first-order valence-electron chi connectivity index (χ1n) is 10.6. The number of nitrogens with zero attached hydrogens (tertiary/aromatic N) is 4. The van der Waals surface area contributed by atoms with Gasteiger partial charge in [-0.25, -0.2) is 9.38 Å². The number of hydrogen-bond donors (Lipinski definition) is 3. The Bertz CT molecular complexity index is 1260. The number of aliphatic hydroxyl groups excluding tert-OH is 1. The highest BCUT2D eigenvalue weighted by Crippen LogP contribution is 2.44. The van der Waals surface area contributed by atoms with Crippen LogP contribution in [-0.4, -0.2) is 67.2 Å². The quantitative estimate of drug-likeness (QED) is 0.340. The summed E-state index contributed by atoms with van der Waals surface area (Å²) in [6.07, 6.45) is -0.577. The van der Waals surface area contributed by atoms with Gasteiger partial charge in [0, 0.05) is 11.9 Å². The van der Waals surface area contributed by atoms with Crippen molar-refractivity contribution >= 4 is 33.5 Å². The van der Waals surface area contributed by atoms with Gasteiger partial charge in [0.1, 0.15) is 18.3 Å². The molecule has 1 unspecified atom stereocenters. The number of aryl methyl sites for hydroxylation is 1. The van der Waals surface area contributed by atoms with Crippen molar-refractivity contribution in [2.45, 2.75) is 70.4 Å². The highest BCUT2D eigenvalue weighted by molar-refractivity contribution is 7.32. The van der Waals surface area contributed by atoms with Crippen LogP contribution in [-0.2, 0) is 18.3 Å². The zero-order valence-electron chi connectivity index (χ0n) is 19.4. The summed E-state index contributed by atoms with van der Waals surface area (Å²) in [4.78, 5) is 34.3. The number of aromatic nitrogens is 5. The summed E-state index contributed by atoms with van der Waals surface area (Å²) in [6.45, 7) is 11.6. The lowest BCUT2D eigenvalue weighted by atomic mass is 10.1. The molecule has 3 aromatic heterocycles. The van der Waals surface area contributed by atoms with Gasteiger partial charge < -0.3 is 28.7 Å². The molecule has 1 saturated heterocycles. The molecule has 14 heteroatoms. The number of rotatable bonds is 6. The number of hydrogen-bond acceptors (Lipinski definition) is 8. The lowest BCUT2D eigenvalue weighted by Crippen LogP contribution is -2.49. The first kappa shape index (κ1) is 24.3. The lowest BCUT2D eigenvalue weighted by molar-refractivity contribution is -0.0487. The fraction of sp³-hybridized carbons (Fsp3) is 0.632. The van der Waals surface area contributed by atoms with Crippen LogP contribution in [0.3, 0.4) is 0 Å². The largest absolute Gasteiger partial charge is 0.407 e. The Morgan fingerprint density at radius 1 is 1.33 bits per heavy atom. The molecular weight excluding hydrogens is 469 g/mol. The van der Waals surface area contributed by atoms with Crippen LogP contribution in [0.4, 0.5) is 0 Å². The summed E-state index contributed by atoms with van der Waals surface area (Å²) in [6, 6.07) is 0. The van der Waals surface area contributed by atoms with E-state index < -0.39 is 47.7 Å². The maximum atomic E-state index is 12.9. The molecule has 0 saturated carbocycles. The van der Waals surface area contributed by atoms with E-state index in [4.69, 9.17) is 13.7 Å². The highest BCUT2D eigenvalue weighted by Gasteiger charge is 2.52. The second kappa shape index (κ2) is 8.42. The van der Waals surface area contributed by atoms with Crippen LogP contribution in [0.25, 0.3) is 16.9 Å². The first-order valence-corrected chi connectivity index (χ1v) is 14.8. The minimum Gasteiger partial charge on any atom is -0.407 e. The monoisotopic (exact) mass is 499 g/mol. The van der Waals surface area contributed by atoms with E-state index in [2.05, 4.69) is 35.7 Å². The summed E-state index contributed by atoms with van der Waals surface area (Å²) in [5, 5.41) is 9.75. The Morgan fingerprint density at radius 3 is 2.64 bits per heavy atom. The van der Waals surface area contributed by atoms with Crippen LogP contribution >= 0.6 is 8.25 Å². The third-order valence-electron chi connectivity index (χ3n) is 6.47. The van der Waals surface area contributed by atoms with E-state index in [0.29, 0.717) is 5.78 Å². The second-order valence-corrected chi connectivity index (χ2v) is 15.3. The second-order valence-electron chi connectivity index (χ2n) is 9.81. The predicted molar refractivity (Wildman–Crippen MR) is 123 cm³/mol. The molecule has 1 aliphatic heterocycles. The molecule has 0 radical (unpaired) electrons. The van der Waals surface area contributed by atoms with Crippen molar-refractivity contribution in [1.29, 1.82) is 0 Å². The molecule has 0 aromatic carbocycles. The highest BCUT2D eigenvalue weighted by atomic mass is 31.1. The zero-order chi connectivity index (χ0) is 24.3. The number of H-pyrrole nitrogens is 1. The molecule has 1 fully saturated rings. The zero-order valence-corrected chi connectivity index (χ0v) is 21.4. The third kappa shape index (κ3) is 4.23. The summed E-state index contributed by atoms with van der Waals surface area (Å²) in [5.41, 5.74) is 0.827. The third-order valence-corrected chi connectivity index (χ3v) is 11.4. The topological polar surface area (TPSA) is 153 Å². The van der Waals surface area contributed by atoms with Gasteiger partial charge in [0.25, 0.3) is 5.56 Å².